The molecule has 0 aliphatic carbocycles. The topological polar surface area (TPSA) is 28.3 Å². The average Bonchev–Trinajstić information content (AvgIpc) is 3.80. The number of nitrogens with zero attached hydrogens (tertiary/aromatic N) is 2. The van der Waals surface area contributed by atoms with Crippen molar-refractivity contribution in [2.75, 3.05) is 14.2 Å². The van der Waals surface area contributed by atoms with Gasteiger partial charge in [-0.15, -0.1) is 0 Å². The van der Waals surface area contributed by atoms with Gasteiger partial charge < -0.3 is 18.6 Å². The first-order valence-electron chi connectivity index (χ1n) is 21.9. The molecule has 0 saturated heterocycles. The minimum Gasteiger partial charge on any atom is -0.497 e. The molecule has 0 atom stereocenters. The van der Waals surface area contributed by atoms with Gasteiger partial charge in [-0.2, -0.15) is 0 Å². The number of aryl methyl sites for hydroxylation is 2. The van der Waals surface area contributed by atoms with Gasteiger partial charge in [0, 0.05) is 11.4 Å². The molecule has 0 aliphatic rings. The van der Waals surface area contributed by atoms with Crippen LogP contribution in [0.1, 0.15) is 128 Å². The van der Waals surface area contributed by atoms with Crippen molar-refractivity contribution in [3.63, 3.8) is 0 Å². The summed E-state index contributed by atoms with van der Waals surface area (Å²) >= 11 is 0. The molecule has 6 aromatic rings. The molecule has 2 aromatic heterocycles. The summed E-state index contributed by atoms with van der Waals surface area (Å²) in [6.07, 6.45) is 23.8. The molecule has 0 aliphatic heterocycles. The van der Waals surface area contributed by atoms with Gasteiger partial charge in [0.2, 0.25) is 0 Å². The number of rotatable bonds is 24. The summed E-state index contributed by atoms with van der Waals surface area (Å²) in [5.74, 6) is 1.72. The molecule has 0 radical (unpaired) electrons. The fourth-order valence-electron chi connectivity index (χ4n) is 8.21. The second-order valence-corrected chi connectivity index (χ2v) is 15.7. The standard InChI is InChI=1S/C52H66N2O2/c1-5-7-9-11-13-15-17-19-21-41-23-31-45(32-24-41)53-49(43-27-35-47(55-3)36-28-43)39-52-51(53)40-50(44-29-37-48(56-4)38-30-44)54(52)46-33-25-42(26-34-46)22-20-18-16-14-12-10-8-6-2/h23-40H,5-22H2,1-4H3. The highest BCUT2D eigenvalue weighted by atomic mass is 16.5. The van der Waals surface area contributed by atoms with Gasteiger partial charge in [-0.1, -0.05) is 128 Å². The van der Waals surface area contributed by atoms with Gasteiger partial charge in [0.1, 0.15) is 11.5 Å². The van der Waals surface area contributed by atoms with E-state index in [-0.39, 0.29) is 0 Å². The summed E-state index contributed by atoms with van der Waals surface area (Å²) in [5.41, 5.74) is 12.2. The molecular weight excluding hydrogens is 685 g/mol. The number of methoxy groups -OCH3 is 2. The Morgan fingerprint density at radius 2 is 0.696 bits per heavy atom. The number of aromatic nitrogens is 2. The van der Waals surface area contributed by atoms with E-state index in [1.165, 1.54) is 136 Å². The molecule has 0 amide bonds. The van der Waals surface area contributed by atoms with Crippen LogP contribution >= 0.6 is 0 Å². The SMILES string of the molecule is CCCCCCCCCCc1ccc(-n2c(-c3ccc(OC)cc3)cc3c2cc(-c2ccc(OC)cc2)n3-c2ccc(CCCCCCCCCC)cc2)cc1. The Morgan fingerprint density at radius 1 is 0.375 bits per heavy atom. The Balaban J connectivity index is 1.31. The van der Waals surface area contributed by atoms with E-state index in [0.29, 0.717) is 0 Å². The normalized spacial score (nSPS) is 11.4. The Bertz CT molecular complexity index is 1870. The minimum absolute atomic E-state index is 0.861. The maximum absolute atomic E-state index is 5.55. The second-order valence-electron chi connectivity index (χ2n) is 15.7. The van der Waals surface area contributed by atoms with Crippen LogP contribution in [-0.2, 0) is 12.8 Å². The first-order chi connectivity index (χ1) is 27.6. The lowest BCUT2D eigenvalue weighted by Crippen LogP contribution is -1.98. The third kappa shape index (κ3) is 10.8. The lowest BCUT2D eigenvalue weighted by atomic mass is 10.0. The number of hydrogen-bond acceptors (Lipinski definition) is 2. The van der Waals surface area contributed by atoms with Crippen LogP contribution in [0.3, 0.4) is 0 Å². The van der Waals surface area contributed by atoms with Gasteiger partial charge in [0.15, 0.2) is 0 Å². The van der Waals surface area contributed by atoms with Crippen molar-refractivity contribution < 1.29 is 9.47 Å². The van der Waals surface area contributed by atoms with Gasteiger partial charge in [0.05, 0.1) is 36.6 Å². The maximum atomic E-state index is 5.55. The fraction of sp³-hybridized carbons (Fsp3) is 0.423. The van der Waals surface area contributed by atoms with E-state index in [2.05, 4.69) is 132 Å². The van der Waals surface area contributed by atoms with Gasteiger partial charge in [-0.05, 0) is 133 Å². The smallest absolute Gasteiger partial charge is 0.118 e. The Morgan fingerprint density at radius 3 is 1.02 bits per heavy atom. The first kappa shape index (κ1) is 40.9. The Kier molecular flexibility index (Phi) is 15.8. The zero-order valence-electron chi connectivity index (χ0n) is 34.8. The van der Waals surface area contributed by atoms with Crippen molar-refractivity contribution in [1.29, 1.82) is 0 Å². The number of unbranched alkanes of at least 4 members (excludes halogenated alkanes) is 14. The fourth-order valence-corrected chi connectivity index (χ4v) is 8.21. The molecule has 0 unspecified atom stereocenters. The van der Waals surface area contributed by atoms with Crippen LogP contribution in [0.15, 0.2) is 109 Å². The summed E-state index contributed by atoms with van der Waals surface area (Å²) < 4.78 is 16.0. The molecule has 2 heterocycles. The summed E-state index contributed by atoms with van der Waals surface area (Å²) in [5, 5.41) is 0. The highest BCUT2D eigenvalue weighted by molar-refractivity contribution is 5.93. The molecule has 0 saturated carbocycles. The summed E-state index contributed by atoms with van der Waals surface area (Å²) in [4.78, 5) is 0. The molecule has 4 aromatic carbocycles. The first-order valence-corrected chi connectivity index (χ1v) is 21.9. The van der Waals surface area contributed by atoms with E-state index >= 15 is 0 Å². The Hall–Kier alpha value is -4.70. The van der Waals surface area contributed by atoms with Crippen LogP contribution in [0, 0.1) is 0 Å². The van der Waals surface area contributed by atoms with E-state index in [1.807, 2.05) is 0 Å². The van der Waals surface area contributed by atoms with Crippen molar-refractivity contribution >= 4 is 11.0 Å². The van der Waals surface area contributed by atoms with Crippen molar-refractivity contribution in [3.05, 3.63) is 120 Å². The lowest BCUT2D eigenvalue weighted by Gasteiger charge is -2.13. The van der Waals surface area contributed by atoms with E-state index < -0.39 is 0 Å². The zero-order chi connectivity index (χ0) is 39.0. The molecule has 6 rings (SSSR count). The molecule has 4 nitrogen and oxygen atoms in total. The van der Waals surface area contributed by atoms with Gasteiger partial charge in [0.25, 0.3) is 0 Å². The molecule has 0 bridgehead atoms. The van der Waals surface area contributed by atoms with E-state index in [0.717, 1.165) is 46.9 Å². The zero-order valence-corrected chi connectivity index (χ0v) is 34.8. The molecule has 0 N–H and O–H groups in total. The monoisotopic (exact) mass is 751 g/mol. The molecule has 0 spiro atoms. The third-order valence-corrected chi connectivity index (χ3v) is 11.6. The Labute approximate surface area is 337 Å². The molecular formula is C52H66N2O2. The predicted molar refractivity (Wildman–Crippen MR) is 239 cm³/mol. The van der Waals surface area contributed by atoms with Gasteiger partial charge in [-0.3, -0.25) is 0 Å². The van der Waals surface area contributed by atoms with Crippen molar-refractivity contribution in [2.24, 2.45) is 0 Å². The van der Waals surface area contributed by atoms with Crippen molar-refractivity contribution in [3.8, 4) is 45.4 Å². The number of fused-ring (bicyclic) bond motifs is 1. The number of ether oxygens (including phenoxy) is 2. The quantitative estimate of drug-likeness (QED) is 0.0576. The van der Waals surface area contributed by atoms with Crippen LogP contribution < -0.4 is 9.47 Å². The van der Waals surface area contributed by atoms with Crippen LogP contribution in [0.25, 0.3) is 44.9 Å². The predicted octanol–water partition coefficient (Wildman–Crippen LogP) is 15.1. The number of benzene rings is 4. The van der Waals surface area contributed by atoms with Gasteiger partial charge in [-0.25, -0.2) is 0 Å². The van der Waals surface area contributed by atoms with Gasteiger partial charge >= 0.3 is 0 Å². The van der Waals surface area contributed by atoms with Crippen LogP contribution in [0.4, 0.5) is 0 Å². The second kappa shape index (κ2) is 21.6. The van der Waals surface area contributed by atoms with Crippen molar-refractivity contribution in [2.45, 2.75) is 129 Å². The summed E-state index contributed by atoms with van der Waals surface area (Å²) in [6.45, 7) is 4.58. The van der Waals surface area contributed by atoms with E-state index in [9.17, 15) is 0 Å². The minimum atomic E-state index is 0.861. The van der Waals surface area contributed by atoms with Crippen molar-refractivity contribution in [1.82, 2.24) is 9.13 Å². The van der Waals surface area contributed by atoms with Crippen LogP contribution in [-0.4, -0.2) is 23.4 Å². The molecule has 0 fully saturated rings. The molecule has 296 valence electrons. The maximum Gasteiger partial charge on any atom is 0.118 e. The largest absolute Gasteiger partial charge is 0.497 e. The lowest BCUT2D eigenvalue weighted by molar-refractivity contribution is 0.415. The summed E-state index contributed by atoms with van der Waals surface area (Å²) in [6, 6.07) is 40.3. The third-order valence-electron chi connectivity index (χ3n) is 11.6. The number of hydrogen-bond donors (Lipinski definition) is 0. The van der Waals surface area contributed by atoms with Crippen LogP contribution in [0.5, 0.6) is 11.5 Å². The highest BCUT2D eigenvalue weighted by Crippen LogP contribution is 2.39. The van der Waals surface area contributed by atoms with E-state index in [1.54, 1.807) is 14.2 Å². The molecule has 4 heteroatoms. The molecule has 56 heavy (non-hydrogen) atoms. The highest BCUT2D eigenvalue weighted by Gasteiger charge is 2.21. The van der Waals surface area contributed by atoms with Crippen LogP contribution in [0.2, 0.25) is 0 Å². The van der Waals surface area contributed by atoms with E-state index in [4.69, 9.17) is 9.47 Å². The summed E-state index contributed by atoms with van der Waals surface area (Å²) in [7, 11) is 3.46. The average molecular weight is 751 g/mol.